The Morgan fingerprint density at radius 1 is 0.969 bits per heavy atom. The molecule has 162 valence electrons. The second-order valence-corrected chi connectivity index (χ2v) is 6.80. The van der Waals surface area contributed by atoms with Gasteiger partial charge in [0.2, 0.25) is 11.8 Å². The lowest BCUT2D eigenvalue weighted by molar-refractivity contribution is -0.123. The number of ether oxygens (including phenoxy) is 2. The van der Waals surface area contributed by atoms with Gasteiger partial charge >= 0.3 is 0 Å². The number of benzene rings is 3. The zero-order chi connectivity index (χ0) is 22.3. The summed E-state index contributed by atoms with van der Waals surface area (Å²) in [6.45, 7) is -0.266. The predicted molar refractivity (Wildman–Crippen MR) is 115 cm³/mol. The molecule has 0 fully saturated rings. The lowest BCUT2D eigenvalue weighted by Crippen LogP contribution is -2.33. The summed E-state index contributed by atoms with van der Waals surface area (Å²) < 4.78 is 30.1. The minimum absolute atomic E-state index is 0.168. The molecular formula is C24H20FN3O4. The molecule has 0 spiro atoms. The summed E-state index contributed by atoms with van der Waals surface area (Å²) >= 11 is 0. The molecule has 1 unspecified atom stereocenters. The fourth-order valence-corrected chi connectivity index (χ4v) is 3.08. The van der Waals surface area contributed by atoms with E-state index in [0.717, 1.165) is 5.56 Å². The first-order valence-electron chi connectivity index (χ1n) is 9.83. The molecule has 0 radical (unpaired) electrons. The van der Waals surface area contributed by atoms with E-state index in [-0.39, 0.29) is 12.5 Å². The van der Waals surface area contributed by atoms with Crippen molar-refractivity contribution in [3.8, 4) is 23.0 Å². The summed E-state index contributed by atoms with van der Waals surface area (Å²) in [5.74, 6) is 0.610. The van der Waals surface area contributed by atoms with Gasteiger partial charge in [0.1, 0.15) is 11.9 Å². The van der Waals surface area contributed by atoms with Gasteiger partial charge in [-0.2, -0.15) is 0 Å². The third kappa shape index (κ3) is 4.92. The summed E-state index contributed by atoms with van der Waals surface area (Å²) in [6.07, 6.45) is 0. The zero-order valence-electron chi connectivity index (χ0n) is 17.2. The van der Waals surface area contributed by atoms with Crippen molar-refractivity contribution in [2.24, 2.45) is 0 Å². The maximum atomic E-state index is 13.4. The summed E-state index contributed by atoms with van der Waals surface area (Å²) in [4.78, 5) is 12.7. The molecule has 0 aliphatic heterocycles. The number of para-hydroxylation sites is 2. The van der Waals surface area contributed by atoms with E-state index in [1.54, 1.807) is 36.4 Å². The Morgan fingerprint density at radius 2 is 1.66 bits per heavy atom. The Labute approximate surface area is 183 Å². The average Bonchev–Trinajstić information content (AvgIpc) is 3.33. The molecule has 1 aromatic heterocycles. The van der Waals surface area contributed by atoms with E-state index in [1.807, 2.05) is 30.3 Å². The molecule has 3 aromatic carbocycles. The first-order valence-corrected chi connectivity index (χ1v) is 9.83. The Balaban J connectivity index is 1.54. The van der Waals surface area contributed by atoms with E-state index in [9.17, 15) is 9.18 Å². The zero-order valence-corrected chi connectivity index (χ0v) is 17.2. The number of aromatic nitrogens is 2. The van der Waals surface area contributed by atoms with Crippen molar-refractivity contribution in [1.82, 2.24) is 15.5 Å². The number of hydrogen-bond donors (Lipinski definition) is 1. The summed E-state index contributed by atoms with van der Waals surface area (Å²) in [6, 6.07) is 21.2. The maximum Gasteiger partial charge on any atom is 0.258 e. The highest BCUT2D eigenvalue weighted by atomic mass is 19.1. The van der Waals surface area contributed by atoms with Crippen LogP contribution >= 0.6 is 0 Å². The minimum Gasteiger partial charge on any atom is -0.493 e. The van der Waals surface area contributed by atoms with Crippen molar-refractivity contribution in [3.05, 3.63) is 96.1 Å². The normalized spacial score (nSPS) is 11.6. The molecule has 4 rings (SSSR count). The van der Waals surface area contributed by atoms with Gasteiger partial charge in [-0.3, -0.25) is 4.79 Å². The van der Waals surface area contributed by atoms with Crippen molar-refractivity contribution < 1.29 is 23.1 Å². The Kier molecular flexibility index (Phi) is 6.41. The Hall–Kier alpha value is -4.20. The number of hydrogen-bond acceptors (Lipinski definition) is 6. The topological polar surface area (TPSA) is 86.5 Å². The molecule has 4 aromatic rings. The summed E-state index contributed by atoms with van der Waals surface area (Å²) in [5.41, 5.74) is 1.33. The largest absolute Gasteiger partial charge is 0.493 e. The number of amides is 1. The molecule has 1 N–H and O–H groups in total. The molecule has 7 nitrogen and oxygen atoms in total. The van der Waals surface area contributed by atoms with E-state index in [1.165, 1.54) is 19.2 Å². The molecule has 8 heteroatoms. The first-order chi connectivity index (χ1) is 15.6. The lowest BCUT2D eigenvalue weighted by Gasteiger charge is -2.16. The number of carbonyl (C=O) groups is 1. The fraction of sp³-hybridized carbons (Fsp3) is 0.125. The number of nitrogens with one attached hydrogen (secondary N) is 1. The van der Waals surface area contributed by atoms with Crippen LogP contribution in [0.1, 0.15) is 17.5 Å². The van der Waals surface area contributed by atoms with Gasteiger partial charge < -0.3 is 19.2 Å². The molecule has 0 saturated carbocycles. The predicted octanol–water partition coefficient (Wildman–Crippen LogP) is 4.17. The van der Waals surface area contributed by atoms with Gasteiger partial charge in [0.05, 0.1) is 7.11 Å². The first kappa shape index (κ1) is 21.0. The smallest absolute Gasteiger partial charge is 0.258 e. The van der Waals surface area contributed by atoms with Crippen LogP contribution in [0.25, 0.3) is 11.5 Å². The van der Waals surface area contributed by atoms with Gasteiger partial charge in [0.15, 0.2) is 18.1 Å². The van der Waals surface area contributed by atoms with Crippen LogP contribution in [0.5, 0.6) is 11.5 Å². The van der Waals surface area contributed by atoms with E-state index >= 15 is 0 Å². The second-order valence-electron chi connectivity index (χ2n) is 6.80. The monoisotopic (exact) mass is 433 g/mol. The maximum absolute atomic E-state index is 13.4. The van der Waals surface area contributed by atoms with E-state index < -0.39 is 17.8 Å². The van der Waals surface area contributed by atoms with Gasteiger partial charge in [0.25, 0.3) is 5.91 Å². The second kappa shape index (κ2) is 9.74. The van der Waals surface area contributed by atoms with Crippen LogP contribution in [0, 0.1) is 5.82 Å². The molecule has 1 atom stereocenters. The molecule has 0 saturated heterocycles. The molecule has 1 amide bonds. The highest BCUT2D eigenvalue weighted by Crippen LogP contribution is 2.27. The number of carbonyl (C=O) groups excluding carboxylic acids is 1. The summed E-state index contributed by atoms with van der Waals surface area (Å²) in [7, 11) is 1.52. The van der Waals surface area contributed by atoms with E-state index in [2.05, 4.69) is 15.5 Å². The molecular weight excluding hydrogens is 413 g/mol. The van der Waals surface area contributed by atoms with E-state index in [4.69, 9.17) is 13.9 Å². The van der Waals surface area contributed by atoms with Crippen LogP contribution in [-0.4, -0.2) is 29.8 Å². The fourth-order valence-electron chi connectivity index (χ4n) is 3.08. The molecule has 32 heavy (non-hydrogen) atoms. The van der Waals surface area contributed by atoms with Crippen molar-refractivity contribution in [1.29, 1.82) is 0 Å². The highest BCUT2D eigenvalue weighted by molar-refractivity contribution is 5.78. The van der Waals surface area contributed by atoms with Crippen LogP contribution in [0.4, 0.5) is 4.39 Å². The van der Waals surface area contributed by atoms with Crippen LogP contribution in [0.2, 0.25) is 0 Å². The van der Waals surface area contributed by atoms with Crippen LogP contribution in [-0.2, 0) is 4.79 Å². The Morgan fingerprint density at radius 3 is 2.38 bits per heavy atom. The number of methoxy groups -OCH3 is 1. The number of halogens is 1. The van der Waals surface area contributed by atoms with Crippen molar-refractivity contribution in [2.75, 3.05) is 13.7 Å². The SMILES string of the molecule is COc1ccccc1OCC(=O)NC(c1ccc(F)cc1)c1nnc(-c2ccccc2)o1. The average molecular weight is 433 g/mol. The molecule has 0 aliphatic rings. The lowest BCUT2D eigenvalue weighted by atomic mass is 10.1. The Bertz CT molecular complexity index is 1180. The molecule has 1 heterocycles. The minimum atomic E-state index is -0.783. The van der Waals surface area contributed by atoms with Crippen LogP contribution < -0.4 is 14.8 Å². The highest BCUT2D eigenvalue weighted by Gasteiger charge is 2.24. The summed E-state index contributed by atoms with van der Waals surface area (Å²) in [5, 5.41) is 11.0. The molecule has 0 bridgehead atoms. The van der Waals surface area contributed by atoms with Crippen molar-refractivity contribution in [2.45, 2.75) is 6.04 Å². The van der Waals surface area contributed by atoms with Gasteiger partial charge in [-0.1, -0.05) is 42.5 Å². The quantitative estimate of drug-likeness (QED) is 0.449. The van der Waals surface area contributed by atoms with Crippen LogP contribution in [0.3, 0.4) is 0 Å². The number of nitrogens with zero attached hydrogens (tertiary/aromatic N) is 2. The molecule has 0 aliphatic carbocycles. The van der Waals surface area contributed by atoms with Gasteiger partial charge in [-0.05, 0) is 42.0 Å². The van der Waals surface area contributed by atoms with E-state index in [0.29, 0.717) is 23.0 Å². The van der Waals surface area contributed by atoms with Gasteiger partial charge in [0, 0.05) is 5.56 Å². The third-order valence-electron chi connectivity index (χ3n) is 4.64. The van der Waals surface area contributed by atoms with Crippen LogP contribution in [0.15, 0.2) is 83.3 Å². The van der Waals surface area contributed by atoms with Gasteiger partial charge in [-0.25, -0.2) is 4.39 Å². The third-order valence-corrected chi connectivity index (χ3v) is 4.64. The number of rotatable bonds is 8. The standard InChI is InChI=1S/C24H20FN3O4/c1-30-19-9-5-6-10-20(19)31-15-21(29)26-22(16-11-13-18(25)14-12-16)24-28-27-23(32-24)17-7-3-2-4-8-17/h2-14,22H,15H2,1H3,(H,26,29). The van der Waals surface area contributed by atoms with Crippen molar-refractivity contribution >= 4 is 5.91 Å². The van der Waals surface area contributed by atoms with Gasteiger partial charge in [-0.15, -0.1) is 10.2 Å². The van der Waals surface area contributed by atoms with Crippen molar-refractivity contribution in [3.63, 3.8) is 0 Å².